The van der Waals surface area contributed by atoms with Gasteiger partial charge in [-0.2, -0.15) is 0 Å². The molecule has 0 radical (unpaired) electrons. The largest absolute Gasteiger partial charge is 0.326 e. The smallest absolute Gasteiger partial charge is 0.238 e. The lowest BCUT2D eigenvalue weighted by Crippen LogP contribution is -2.52. The highest BCUT2D eigenvalue weighted by Gasteiger charge is 2.48. The summed E-state index contributed by atoms with van der Waals surface area (Å²) in [5, 5.41) is 1.03. The molecule has 0 saturated carbocycles. The number of amides is 1. The molecule has 1 heterocycles. The Balaban J connectivity index is 2.22. The summed E-state index contributed by atoms with van der Waals surface area (Å²) in [6, 6.07) is 13.6. The summed E-state index contributed by atoms with van der Waals surface area (Å²) in [6.45, 7) is 3.67. The Labute approximate surface area is 174 Å². The lowest BCUT2D eigenvalue weighted by molar-refractivity contribution is -0.149. The predicted molar refractivity (Wildman–Crippen MR) is 109 cm³/mol. The number of alkyl halides is 1. The Bertz CT molecular complexity index is 809. The molecule has 27 heavy (non-hydrogen) atoms. The molecule has 2 aromatic rings. The molecule has 6 heteroatoms. The van der Waals surface area contributed by atoms with Gasteiger partial charge >= 0.3 is 0 Å². The van der Waals surface area contributed by atoms with E-state index >= 15 is 0 Å². The molecule has 0 aromatic heterocycles. The number of nitrogens with zero attached hydrogens (tertiary/aromatic N) is 1. The second-order valence-corrected chi connectivity index (χ2v) is 7.93. The Morgan fingerprint density at radius 1 is 0.889 bits per heavy atom. The highest BCUT2D eigenvalue weighted by Crippen LogP contribution is 2.48. The van der Waals surface area contributed by atoms with Gasteiger partial charge in [-0.25, -0.2) is 0 Å². The molecule has 1 aliphatic heterocycles. The molecule has 1 saturated heterocycles. The zero-order valence-corrected chi connectivity index (χ0v) is 17.3. The van der Waals surface area contributed by atoms with E-state index in [9.17, 15) is 9.59 Å². The number of hydrogen-bond acceptors (Lipinski definition) is 2. The van der Waals surface area contributed by atoms with Crippen molar-refractivity contribution >= 4 is 46.5 Å². The summed E-state index contributed by atoms with van der Waals surface area (Å²) >= 11 is 18.8. The molecule has 2 aromatic carbocycles. The number of rotatable bonds is 3. The molecule has 0 spiro atoms. The first kappa shape index (κ1) is 20.2. The maximum Gasteiger partial charge on any atom is 0.238 e. The van der Waals surface area contributed by atoms with Crippen molar-refractivity contribution in [3.8, 4) is 0 Å². The van der Waals surface area contributed by atoms with E-state index in [0.29, 0.717) is 10.0 Å². The fourth-order valence-corrected chi connectivity index (χ4v) is 4.66. The summed E-state index contributed by atoms with van der Waals surface area (Å²) in [5.74, 6) is -1.19. The summed E-state index contributed by atoms with van der Waals surface area (Å²) in [6.07, 6.45) is 0. The first-order chi connectivity index (χ1) is 12.9. The lowest BCUT2D eigenvalue weighted by Gasteiger charge is -2.48. The molecule has 0 aliphatic carbocycles. The normalized spacial score (nSPS) is 25.5. The zero-order valence-electron chi connectivity index (χ0n) is 15.0. The van der Waals surface area contributed by atoms with Crippen LogP contribution < -0.4 is 0 Å². The lowest BCUT2D eigenvalue weighted by atomic mass is 9.74. The summed E-state index contributed by atoms with van der Waals surface area (Å²) in [5.41, 5.74) is 1.48. The van der Waals surface area contributed by atoms with Gasteiger partial charge in [0.1, 0.15) is 11.7 Å². The molecule has 0 N–H and O–H groups in total. The quantitative estimate of drug-likeness (QED) is 0.593. The van der Waals surface area contributed by atoms with Crippen molar-refractivity contribution in [1.82, 2.24) is 4.90 Å². The van der Waals surface area contributed by atoms with Crippen LogP contribution in [0.4, 0.5) is 0 Å². The van der Waals surface area contributed by atoms with Gasteiger partial charge in [0, 0.05) is 21.9 Å². The Kier molecular flexibility index (Phi) is 6.15. The van der Waals surface area contributed by atoms with Crippen molar-refractivity contribution in [1.29, 1.82) is 0 Å². The second-order valence-electron chi connectivity index (χ2n) is 6.85. The predicted octanol–water partition coefficient (Wildman–Crippen LogP) is 5.70. The third-order valence-electron chi connectivity index (χ3n) is 5.29. The van der Waals surface area contributed by atoms with Crippen molar-refractivity contribution in [2.75, 3.05) is 5.88 Å². The number of benzene rings is 2. The van der Waals surface area contributed by atoms with Crippen LogP contribution in [0.2, 0.25) is 10.0 Å². The molecule has 0 unspecified atom stereocenters. The Morgan fingerprint density at radius 3 is 1.67 bits per heavy atom. The summed E-state index contributed by atoms with van der Waals surface area (Å²) in [7, 11) is 0. The summed E-state index contributed by atoms with van der Waals surface area (Å²) < 4.78 is 0. The number of halogens is 3. The van der Waals surface area contributed by atoms with E-state index in [4.69, 9.17) is 34.8 Å². The molecule has 3 rings (SSSR count). The van der Waals surface area contributed by atoms with Crippen LogP contribution in [0.3, 0.4) is 0 Å². The van der Waals surface area contributed by atoms with Crippen LogP contribution in [0, 0.1) is 11.8 Å². The Morgan fingerprint density at radius 2 is 1.30 bits per heavy atom. The molecule has 1 aliphatic rings. The highest BCUT2D eigenvalue weighted by molar-refractivity contribution is 6.32. The van der Waals surface area contributed by atoms with Crippen LogP contribution in [0.15, 0.2) is 48.5 Å². The molecular formula is C21H20Cl3NO2. The molecule has 142 valence electrons. The molecular weight excluding hydrogens is 405 g/mol. The number of carbonyl (C=O) groups excluding carboxylic acids is 2. The van der Waals surface area contributed by atoms with Crippen molar-refractivity contribution in [2.24, 2.45) is 11.8 Å². The van der Waals surface area contributed by atoms with Gasteiger partial charge in [0.15, 0.2) is 0 Å². The third-order valence-corrected chi connectivity index (χ3v) is 6.21. The maximum absolute atomic E-state index is 13.1. The first-order valence-electron chi connectivity index (χ1n) is 8.78. The van der Waals surface area contributed by atoms with Gasteiger partial charge in [0.2, 0.25) is 5.91 Å². The monoisotopic (exact) mass is 423 g/mol. The minimum absolute atomic E-state index is 0.0726. The van der Waals surface area contributed by atoms with Crippen LogP contribution in [0.1, 0.15) is 37.1 Å². The number of Topliss-reactive ketones (excluding diaryl/α,β-unsaturated/α-hetero) is 1. The van der Waals surface area contributed by atoms with Gasteiger partial charge in [-0.3, -0.25) is 9.59 Å². The zero-order chi connectivity index (χ0) is 19.7. The first-order valence-corrected chi connectivity index (χ1v) is 10.1. The van der Waals surface area contributed by atoms with E-state index in [-0.39, 0.29) is 17.6 Å². The van der Waals surface area contributed by atoms with Gasteiger partial charge in [-0.05, 0) is 23.3 Å². The highest BCUT2D eigenvalue weighted by atomic mass is 35.5. The van der Waals surface area contributed by atoms with Crippen LogP contribution in [0.25, 0.3) is 0 Å². The second kappa shape index (κ2) is 8.22. The molecule has 3 nitrogen and oxygen atoms in total. The summed E-state index contributed by atoms with van der Waals surface area (Å²) in [4.78, 5) is 27.8. The minimum atomic E-state index is -0.505. The van der Waals surface area contributed by atoms with Crippen molar-refractivity contribution in [2.45, 2.75) is 25.9 Å². The number of hydrogen-bond donors (Lipinski definition) is 0. The number of carbonyl (C=O) groups is 2. The van der Waals surface area contributed by atoms with Crippen LogP contribution >= 0.6 is 34.8 Å². The molecule has 1 amide bonds. The topological polar surface area (TPSA) is 37.4 Å². The van der Waals surface area contributed by atoms with Crippen LogP contribution in [-0.4, -0.2) is 22.5 Å². The third kappa shape index (κ3) is 3.61. The van der Waals surface area contributed by atoms with Gasteiger partial charge in [-0.1, -0.05) is 73.4 Å². The van der Waals surface area contributed by atoms with Crippen LogP contribution in [0.5, 0.6) is 0 Å². The van der Waals surface area contributed by atoms with E-state index in [0.717, 1.165) is 11.1 Å². The average molecular weight is 425 g/mol. The number of ketones is 1. The fraction of sp³-hybridized carbons (Fsp3) is 0.333. The van der Waals surface area contributed by atoms with Gasteiger partial charge in [0.05, 0.1) is 12.1 Å². The van der Waals surface area contributed by atoms with Gasteiger partial charge in [-0.15, -0.1) is 11.6 Å². The van der Waals surface area contributed by atoms with Crippen molar-refractivity contribution in [3.63, 3.8) is 0 Å². The van der Waals surface area contributed by atoms with E-state index in [1.54, 1.807) is 17.0 Å². The number of piperidine rings is 1. The fourth-order valence-electron chi connectivity index (χ4n) is 4.03. The average Bonchev–Trinajstić information content (AvgIpc) is 2.67. The van der Waals surface area contributed by atoms with E-state index in [1.807, 2.05) is 50.2 Å². The van der Waals surface area contributed by atoms with E-state index in [1.165, 1.54) is 0 Å². The standard InChI is InChI=1S/C21H20Cl3NO2/c1-12-19(14-7-3-5-9-16(14)23)25(18(26)11-22)20(13(2)21(12)27)15-8-4-6-10-17(15)24/h3-10,12-13,19-20H,11H2,1-2H3/t12-,13+,19+,20-. The van der Waals surface area contributed by atoms with Crippen molar-refractivity contribution in [3.05, 3.63) is 69.7 Å². The Hall–Kier alpha value is -1.55. The minimum Gasteiger partial charge on any atom is -0.326 e. The van der Waals surface area contributed by atoms with Crippen LogP contribution in [-0.2, 0) is 9.59 Å². The van der Waals surface area contributed by atoms with Crippen molar-refractivity contribution < 1.29 is 9.59 Å². The molecule has 4 atom stereocenters. The van der Waals surface area contributed by atoms with Gasteiger partial charge < -0.3 is 4.90 Å². The van der Waals surface area contributed by atoms with E-state index < -0.39 is 23.9 Å². The molecule has 1 fully saturated rings. The van der Waals surface area contributed by atoms with E-state index in [2.05, 4.69) is 0 Å². The maximum atomic E-state index is 13.1. The number of likely N-dealkylation sites (tertiary alicyclic amines) is 1. The molecule has 0 bridgehead atoms. The SMILES string of the molecule is C[C@@H]1C(=O)[C@H](C)[C@@H](c2ccccc2Cl)N(C(=O)CCl)[C@H]1c1ccccc1Cl. The van der Waals surface area contributed by atoms with Gasteiger partial charge in [0.25, 0.3) is 0 Å².